The monoisotopic (exact) mass is 376 g/mol. The third kappa shape index (κ3) is 4.99. The fourth-order valence-electron chi connectivity index (χ4n) is 2.12. The Hall–Kier alpha value is -1.99. The standard InChI is InChI=1S/C18H17FN2O2S2/c1-2-22-16-6-4-3-5-15(16)17-20-21-18(23-17)25-12-11-24-14-9-7-13(19)8-10-14/h3-10H,2,11-12H2,1H3. The van der Waals surface area contributed by atoms with Gasteiger partial charge in [0.2, 0.25) is 0 Å². The molecule has 0 spiro atoms. The molecule has 0 unspecified atom stereocenters. The van der Waals surface area contributed by atoms with Gasteiger partial charge in [0.25, 0.3) is 11.1 Å². The Morgan fingerprint density at radius 2 is 1.76 bits per heavy atom. The van der Waals surface area contributed by atoms with E-state index in [0.29, 0.717) is 17.7 Å². The molecule has 7 heteroatoms. The fraction of sp³-hybridized carbons (Fsp3) is 0.222. The summed E-state index contributed by atoms with van der Waals surface area (Å²) in [6.45, 7) is 2.51. The summed E-state index contributed by atoms with van der Waals surface area (Å²) < 4.78 is 24.2. The molecule has 130 valence electrons. The molecule has 0 aliphatic carbocycles. The van der Waals surface area contributed by atoms with Gasteiger partial charge in [-0.05, 0) is 43.3 Å². The van der Waals surface area contributed by atoms with Crippen molar-refractivity contribution in [2.24, 2.45) is 0 Å². The highest BCUT2D eigenvalue weighted by atomic mass is 32.2. The van der Waals surface area contributed by atoms with Gasteiger partial charge in [0.05, 0.1) is 12.2 Å². The Labute approximate surface area is 154 Å². The molecule has 1 heterocycles. The number of nitrogens with zero attached hydrogens (tertiary/aromatic N) is 2. The molecule has 3 rings (SSSR count). The molecule has 0 fully saturated rings. The van der Waals surface area contributed by atoms with Crippen molar-refractivity contribution in [1.29, 1.82) is 0 Å². The van der Waals surface area contributed by atoms with E-state index < -0.39 is 0 Å². The summed E-state index contributed by atoms with van der Waals surface area (Å²) in [5, 5.41) is 8.72. The van der Waals surface area contributed by atoms with Crippen LogP contribution in [0.2, 0.25) is 0 Å². The van der Waals surface area contributed by atoms with Crippen LogP contribution in [0.4, 0.5) is 4.39 Å². The zero-order valence-electron chi connectivity index (χ0n) is 13.6. The largest absolute Gasteiger partial charge is 0.493 e. The van der Waals surface area contributed by atoms with Crippen LogP contribution in [0.15, 0.2) is 63.1 Å². The summed E-state index contributed by atoms with van der Waals surface area (Å²) in [6.07, 6.45) is 0. The SMILES string of the molecule is CCOc1ccccc1-c1nnc(SCCSc2ccc(F)cc2)o1. The number of ether oxygens (including phenoxy) is 1. The Morgan fingerprint density at radius 3 is 2.56 bits per heavy atom. The van der Waals surface area contributed by atoms with E-state index in [1.807, 2.05) is 31.2 Å². The number of aromatic nitrogens is 2. The number of benzene rings is 2. The van der Waals surface area contributed by atoms with E-state index in [2.05, 4.69) is 10.2 Å². The van der Waals surface area contributed by atoms with Crippen LogP contribution in [-0.2, 0) is 0 Å². The molecule has 4 nitrogen and oxygen atoms in total. The molecule has 2 aromatic carbocycles. The van der Waals surface area contributed by atoms with Gasteiger partial charge in [0, 0.05) is 16.4 Å². The van der Waals surface area contributed by atoms with Crippen molar-refractivity contribution in [1.82, 2.24) is 10.2 Å². The average Bonchev–Trinajstić information content (AvgIpc) is 3.10. The molecule has 0 bridgehead atoms. The van der Waals surface area contributed by atoms with Gasteiger partial charge in [-0.1, -0.05) is 23.9 Å². The second-order valence-corrected chi connectivity index (χ2v) is 7.17. The van der Waals surface area contributed by atoms with E-state index in [0.717, 1.165) is 27.7 Å². The van der Waals surface area contributed by atoms with Gasteiger partial charge >= 0.3 is 0 Å². The van der Waals surface area contributed by atoms with Crippen molar-refractivity contribution < 1.29 is 13.5 Å². The minimum absolute atomic E-state index is 0.218. The average molecular weight is 376 g/mol. The van der Waals surface area contributed by atoms with Crippen molar-refractivity contribution in [2.75, 3.05) is 18.1 Å². The maximum Gasteiger partial charge on any atom is 0.276 e. The molecular formula is C18H17FN2O2S2. The molecule has 3 aromatic rings. The molecule has 0 atom stereocenters. The van der Waals surface area contributed by atoms with Crippen LogP contribution in [0.3, 0.4) is 0 Å². The molecule has 0 amide bonds. The van der Waals surface area contributed by atoms with Crippen LogP contribution in [0, 0.1) is 5.82 Å². The minimum atomic E-state index is -0.218. The highest BCUT2D eigenvalue weighted by Gasteiger charge is 2.13. The Kier molecular flexibility index (Phi) is 6.36. The number of halogens is 1. The summed E-state index contributed by atoms with van der Waals surface area (Å²) in [4.78, 5) is 1.04. The quantitative estimate of drug-likeness (QED) is 0.400. The lowest BCUT2D eigenvalue weighted by molar-refractivity contribution is 0.340. The van der Waals surface area contributed by atoms with Gasteiger partial charge in [0.15, 0.2) is 0 Å². The molecule has 25 heavy (non-hydrogen) atoms. The summed E-state index contributed by atoms with van der Waals surface area (Å²) in [7, 11) is 0. The lowest BCUT2D eigenvalue weighted by atomic mass is 10.2. The van der Waals surface area contributed by atoms with Crippen molar-refractivity contribution in [3.05, 3.63) is 54.3 Å². The number of thioether (sulfide) groups is 2. The molecule has 0 radical (unpaired) electrons. The first-order valence-electron chi connectivity index (χ1n) is 7.83. The van der Waals surface area contributed by atoms with Gasteiger partial charge in [-0.15, -0.1) is 22.0 Å². The van der Waals surface area contributed by atoms with Gasteiger partial charge in [-0.2, -0.15) is 0 Å². The number of hydrogen-bond donors (Lipinski definition) is 0. The van der Waals surface area contributed by atoms with E-state index >= 15 is 0 Å². The maximum atomic E-state index is 12.9. The van der Waals surface area contributed by atoms with Crippen LogP contribution in [0.1, 0.15) is 6.92 Å². The fourth-order valence-corrected chi connectivity index (χ4v) is 3.76. The molecule has 1 aromatic heterocycles. The second-order valence-electron chi connectivity index (χ2n) is 4.95. The Bertz CT molecular complexity index is 809. The summed E-state index contributed by atoms with van der Waals surface area (Å²) >= 11 is 3.16. The van der Waals surface area contributed by atoms with Crippen molar-refractivity contribution in [2.45, 2.75) is 17.0 Å². The Morgan fingerprint density at radius 1 is 1.00 bits per heavy atom. The summed E-state index contributed by atoms with van der Waals surface area (Å²) in [5.41, 5.74) is 0.796. The lowest BCUT2D eigenvalue weighted by Gasteiger charge is -2.06. The predicted molar refractivity (Wildman–Crippen MR) is 98.8 cm³/mol. The van der Waals surface area contributed by atoms with Crippen LogP contribution < -0.4 is 4.74 Å². The van der Waals surface area contributed by atoms with Gasteiger partial charge in [-0.3, -0.25) is 0 Å². The van der Waals surface area contributed by atoms with Crippen molar-refractivity contribution in [3.8, 4) is 17.2 Å². The van der Waals surface area contributed by atoms with Crippen LogP contribution in [0.5, 0.6) is 5.75 Å². The van der Waals surface area contributed by atoms with E-state index in [9.17, 15) is 4.39 Å². The van der Waals surface area contributed by atoms with Crippen LogP contribution in [0.25, 0.3) is 11.5 Å². The van der Waals surface area contributed by atoms with Crippen molar-refractivity contribution in [3.63, 3.8) is 0 Å². The van der Waals surface area contributed by atoms with Gasteiger partial charge in [0.1, 0.15) is 11.6 Å². The van der Waals surface area contributed by atoms with E-state index in [1.54, 1.807) is 23.9 Å². The first-order valence-corrected chi connectivity index (χ1v) is 9.80. The first-order chi connectivity index (χ1) is 12.3. The molecular weight excluding hydrogens is 359 g/mol. The zero-order chi connectivity index (χ0) is 17.5. The van der Waals surface area contributed by atoms with Gasteiger partial charge in [-0.25, -0.2) is 4.39 Å². The molecule has 0 aliphatic rings. The highest BCUT2D eigenvalue weighted by Crippen LogP contribution is 2.31. The van der Waals surface area contributed by atoms with Gasteiger partial charge < -0.3 is 9.15 Å². The zero-order valence-corrected chi connectivity index (χ0v) is 15.3. The highest BCUT2D eigenvalue weighted by molar-refractivity contribution is 8.02. The van der Waals surface area contributed by atoms with E-state index in [-0.39, 0.29) is 5.82 Å². The lowest BCUT2D eigenvalue weighted by Crippen LogP contribution is -1.93. The Balaban J connectivity index is 1.54. The number of rotatable bonds is 8. The normalized spacial score (nSPS) is 10.8. The van der Waals surface area contributed by atoms with E-state index in [1.165, 1.54) is 23.9 Å². The number of hydrogen-bond acceptors (Lipinski definition) is 6. The third-order valence-corrected chi connectivity index (χ3v) is 5.31. The first kappa shape index (κ1) is 17.8. The smallest absolute Gasteiger partial charge is 0.276 e. The minimum Gasteiger partial charge on any atom is -0.493 e. The number of para-hydroxylation sites is 1. The summed E-state index contributed by atoms with van der Waals surface area (Å²) in [5.74, 6) is 2.65. The van der Waals surface area contributed by atoms with Crippen LogP contribution >= 0.6 is 23.5 Å². The van der Waals surface area contributed by atoms with E-state index in [4.69, 9.17) is 9.15 Å². The van der Waals surface area contributed by atoms with Crippen LogP contribution in [-0.4, -0.2) is 28.3 Å². The van der Waals surface area contributed by atoms with Crippen molar-refractivity contribution >= 4 is 23.5 Å². The molecule has 0 saturated carbocycles. The summed E-state index contributed by atoms with van der Waals surface area (Å²) in [6, 6.07) is 14.1. The third-order valence-electron chi connectivity index (χ3n) is 3.22. The topological polar surface area (TPSA) is 48.2 Å². The molecule has 0 saturated heterocycles. The predicted octanol–water partition coefficient (Wildman–Crippen LogP) is 5.16. The molecule has 0 N–H and O–H groups in total. The maximum absolute atomic E-state index is 12.9. The molecule has 0 aliphatic heterocycles. The second kappa shape index (κ2) is 8.92.